The zero-order valence-corrected chi connectivity index (χ0v) is 14.0. The fourth-order valence-electron chi connectivity index (χ4n) is 3.02. The van der Waals surface area contributed by atoms with Crippen LogP contribution in [0.3, 0.4) is 0 Å². The molecule has 0 N–H and O–H groups in total. The number of nitrogens with zero attached hydrogens (tertiary/aromatic N) is 2. The van der Waals surface area contributed by atoms with E-state index < -0.39 is 0 Å². The molecule has 0 aromatic carbocycles. The highest BCUT2D eigenvalue weighted by molar-refractivity contribution is 5.45. The number of piperidine rings is 1. The second kappa shape index (κ2) is 5.38. The van der Waals surface area contributed by atoms with E-state index in [9.17, 15) is 0 Å². The molecular weight excluding hydrogens is 244 g/mol. The molecule has 112 valence electrons. The van der Waals surface area contributed by atoms with E-state index in [1.807, 2.05) is 0 Å². The smallest absolute Gasteiger partial charge is 0.0552 e. The lowest BCUT2D eigenvalue weighted by molar-refractivity contribution is 0.199. The molecule has 1 fully saturated rings. The molecule has 1 aromatic heterocycles. The van der Waals surface area contributed by atoms with Gasteiger partial charge in [-0.15, -0.1) is 0 Å². The van der Waals surface area contributed by atoms with E-state index in [4.69, 9.17) is 0 Å². The van der Waals surface area contributed by atoms with E-state index in [1.165, 1.54) is 37.3 Å². The quantitative estimate of drug-likeness (QED) is 0.741. The SMILES string of the molecule is CC(C)(C)c1ccc(N2CCC(C(C)(C)C)CC2)cn1. The molecule has 0 unspecified atom stereocenters. The monoisotopic (exact) mass is 274 g/mol. The van der Waals surface area contributed by atoms with Crippen molar-refractivity contribution in [2.45, 2.75) is 59.8 Å². The highest BCUT2D eigenvalue weighted by Gasteiger charge is 2.29. The molecule has 1 aromatic rings. The average molecular weight is 274 g/mol. The maximum absolute atomic E-state index is 4.65. The summed E-state index contributed by atoms with van der Waals surface area (Å²) in [6.07, 6.45) is 4.65. The lowest BCUT2D eigenvalue weighted by atomic mass is 9.75. The second-order valence-electron chi connectivity index (χ2n) is 8.28. The molecule has 0 bridgehead atoms. The van der Waals surface area contributed by atoms with Crippen molar-refractivity contribution in [2.24, 2.45) is 11.3 Å². The van der Waals surface area contributed by atoms with Gasteiger partial charge in [0.05, 0.1) is 11.9 Å². The fraction of sp³-hybridized carbons (Fsp3) is 0.722. The van der Waals surface area contributed by atoms with Gasteiger partial charge in [-0.25, -0.2) is 0 Å². The molecule has 2 rings (SSSR count). The van der Waals surface area contributed by atoms with Crippen molar-refractivity contribution in [3.05, 3.63) is 24.0 Å². The number of hydrogen-bond donors (Lipinski definition) is 0. The minimum absolute atomic E-state index is 0.137. The van der Waals surface area contributed by atoms with E-state index >= 15 is 0 Å². The van der Waals surface area contributed by atoms with Crippen LogP contribution in [0, 0.1) is 11.3 Å². The maximum atomic E-state index is 4.65. The predicted octanol–water partition coefficient (Wildman–Crippen LogP) is 4.64. The van der Waals surface area contributed by atoms with Gasteiger partial charge >= 0.3 is 0 Å². The minimum Gasteiger partial charge on any atom is -0.370 e. The molecule has 0 spiro atoms. The van der Waals surface area contributed by atoms with E-state index in [0.717, 1.165) is 5.92 Å². The van der Waals surface area contributed by atoms with Crippen molar-refractivity contribution >= 4 is 5.69 Å². The zero-order chi connectivity index (χ0) is 15.0. The van der Waals surface area contributed by atoms with Crippen LogP contribution in [0.4, 0.5) is 5.69 Å². The Hall–Kier alpha value is -1.05. The summed E-state index contributed by atoms with van der Waals surface area (Å²) in [5.41, 5.74) is 3.04. The Balaban J connectivity index is 2.01. The predicted molar refractivity (Wildman–Crippen MR) is 87.3 cm³/mol. The molecule has 2 nitrogen and oxygen atoms in total. The Morgan fingerprint density at radius 2 is 1.60 bits per heavy atom. The van der Waals surface area contributed by atoms with E-state index in [-0.39, 0.29) is 5.41 Å². The summed E-state index contributed by atoms with van der Waals surface area (Å²) >= 11 is 0. The van der Waals surface area contributed by atoms with Gasteiger partial charge < -0.3 is 4.90 Å². The molecule has 0 atom stereocenters. The van der Waals surface area contributed by atoms with Gasteiger partial charge in [0.25, 0.3) is 0 Å². The molecule has 1 aliphatic heterocycles. The van der Waals surface area contributed by atoms with Crippen LogP contribution in [0.15, 0.2) is 18.3 Å². The summed E-state index contributed by atoms with van der Waals surface area (Å²) in [5.74, 6) is 0.848. The summed E-state index contributed by atoms with van der Waals surface area (Å²) in [7, 11) is 0. The van der Waals surface area contributed by atoms with Gasteiger partial charge in [0.2, 0.25) is 0 Å². The first kappa shape index (κ1) is 15.3. The van der Waals surface area contributed by atoms with Crippen molar-refractivity contribution in [3.8, 4) is 0 Å². The molecule has 2 heteroatoms. The third kappa shape index (κ3) is 3.53. The van der Waals surface area contributed by atoms with Crippen molar-refractivity contribution < 1.29 is 0 Å². The van der Waals surface area contributed by atoms with Crippen molar-refractivity contribution in [2.75, 3.05) is 18.0 Å². The number of pyridine rings is 1. The number of hydrogen-bond acceptors (Lipinski definition) is 2. The maximum Gasteiger partial charge on any atom is 0.0552 e. The first-order valence-electron chi connectivity index (χ1n) is 7.89. The van der Waals surface area contributed by atoms with Crippen molar-refractivity contribution in [3.63, 3.8) is 0 Å². The lowest BCUT2D eigenvalue weighted by Crippen LogP contribution is -2.38. The Bertz CT molecular complexity index is 426. The largest absolute Gasteiger partial charge is 0.370 e. The highest BCUT2D eigenvalue weighted by Crippen LogP contribution is 2.35. The molecule has 0 aliphatic carbocycles. The minimum atomic E-state index is 0.137. The second-order valence-corrected chi connectivity index (χ2v) is 8.28. The van der Waals surface area contributed by atoms with Gasteiger partial charge in [-0.3, -0.25) is 4.98 Å². The van der Waals surface area contributed by atoms with Crippen LogP contribution in [0.5, 0.6) is 0 Å². The summed E-state index contributed by atoms with van der Waals surface area (Å²) in [5, 5.41) is 0. The molecule has 1 aliphatic rings. The molecule has 0 amide bonds. The van der Waals surface area contributed by atoms with Gasteiger partial charge in [-0.2, -0.15) is 0 Å². The van der Waals surface area contributed by atoms with E-state index in [1.54, 1.807) is 0 Å². The van der Waals surface area contributed by atoms with Crippen LogP contribution in [-0.2, 0) is 5.41 Å². The van der Waals surface area contributed by atoms with Crippen LogP contribution in [0.1, 0.15) is 60.1 Å². The van der Waals surface area contributed by atoms with Crippen molar-refractivity contribution in [1.82, 2.24) is 4.98 Å². The van der Waals surface area contributed by atoms with Crippen molar-refractivity contribution in [1.29, 1.82) is 0 Å². The van der Waals surface area contributed by atoms with Gasteiger partial charge in [0.15, 0.2) is 0 Å². The summed E-state index contributed by atoms with van der Waals surface area (Å²) < 4.78 is 0. The van der Waals surface area contributed by atoms with Gasteiger partial charge in [-0.1, -0.05) is 41.5 Å². The Morgan fingerprint density at radius 3 is 2.00 bits per heavy atom. The molecule has 1 saturated heterocycles. The summed E-state index contributed by atoms with van der Waals surface area (Å²) in [6.45, 7) is 16.1. The van der Waals surface area contributed by atoms with Crippen LogP contribution < -0.4 is 4.90 Å². The van der Waals surface area contributed by atoms with Gasteiger partial charge in [-0.05, 0) is 36.3 Å². The fourth-order valence-corrected chi connectivity index (χ4v) is 3.02. The molecule has 20 heavy (non-hydrogen) atoms. The number of aromatic nitrogens is 1. The highest BCUT2D eigenvalue weighted by atomic mass is 15.1. The van der Waals surface area contributed by atoms with E-state index in [2.05, 4.69) is 69.8 Å². The van der Waals surface area contributed by atoms with Gasteiger partial charge in [0, 0.05) is 24.2 Å². The standard InChI is InChI=1S/C18H30N2/c1-17(2,3)14-9-11-20(12-10-14)15-7-8-16(19-13-15)18(4,5)6/h7-8,13-14H,9-12H2,1-6H3. The lowest BCUT2D eigenvalue weighted by Gasteiger charge is -2.39. The topological polar surface area (TPSA) is 16.1 Å². The van der Waals surface area contributed by atoms with E-state index in [0.29, 0.717) is 5.41 Å². The summed E-state index contributed by atoms with van der Waals surface area (Å²) in [4.78, 5) is 7.14. The molecule has 0 saturated carbocycles. The Kier molecular flexibility index (Phi) is 4.13. The Labute approximate surface area is 124 Å². The van der Waals surface area contributed by atoms with Crippen LogP contribution in [0.2, 0.25) is 0 Å². The zero-order valence-electron chi connectivity index (χ0n) is 14.0. The van der Waals surface area contributed by atoms with Crippen LogP contribution in [-0.4, -0.2) is 18.1 Å². The summed E-state index contributed by atoms with van der Waals surface area (Å²) in [6, 6.07) is 4.43. The Morgan fingerprint density at radius 1 is 1.00 bits per heavy atom. The number of anilines is 1. The third-order valence-corrected chi connectivity index (χ3v) is 4.60. The third-order valence-electron chi connectivity index (χ3n) is 4.60. The van der Waals surface area contributed by atoms with Crippen LogP contribution in [0.25, 0.3) is 0 Å². The van der Waals surface area contributed by atoms with Gasteiger partial charge in [0.1, 0.15) is 0 Å². The average Bonchev–Trinajstić information content (AvgIpc) is 2.37. The first-order chi connectivity index (χ1) is 9.18. The molecular formula is C18H30N2. The first-order valence-corrected chi connectivity index (χ1v) is 7.89. The number of rotatable bonds is 1. The molecule has 0 radical (unpaired) electrons. The normalized spacial score (nSPS) is 18.4. The van der Waals surface area contributed by atoms with Crippen LogP contribution >= 0.6 is 0 Å². The molecule has 2 heterocycles.